The molecule has 1 N–H and O–H groups in total. The summed E-state index contributed by atoms with van der Waals surface area (Å²) < 4.78 is 10.7. The highest BCUT2D eigenvalue weighted by Crippen LogP contribution is 2.29. The molecule has 1 aliphatic heterocycles. The van der Waals surface area contributed by atoms with Crippen molar-refractivity contribution in [3.05, 3.63) is 58.6 Å². The number of hydrogen-bond acceptors (Lipinski definition) is 5. The van der Waals surface area contributed by atoms with Gasteiger partial charge in [0.25, 0.3) is 11.8 Å². The number of halogens is 1. The quantitative estimate of drug-likeness (QED) is 0.441. The lowest BCUT2D eigenvalue weighted by Gasteiger charge is -2.29. The summed E-state index contributed by atoms with van der Waals surface area (Å²) in [5.41, 5.74) is 1.06. The normalized spacial score (nSPS) is 15.7. The topological polar surface area (TPSA) is 67.9 Å². The second kappa shape index (κ2) is 8.63. The molecule has 0 saturated carbocycles. The first-order chi connectivity index (χ1) is 13.8. The van der Waals surface area contributed by atoms with Crippen LogP contribution in [0.3, 0.4) is 0 Å². The summed E-state index contributed by atoms with van der Waals surface area (Å²) in [6.45, 7) is 3.79. The number of amides is 2. The molecule has 0 atom stereocenters. The molecular weight excluding hydrogens is 412 g/mol. The van der Waals surface area contributed by atoms with Crippen molar-refractivity contribution in [1.29, 1.82) is 0 Å². The van der Waals surface area contributed by atoms with E-state index in [1.165, 1.54) is 11.0 Å². The Hall–Kier alpha value is -2.90. The standard InChI is InChI=1S/C21H19ClN2O4S/c1-12(2)28-18-9-4-13(11-17(18)22)10-16-19(25)23-21(29)24(20(16)26)14-5-7-15(27-3)8-6-14/h4-12H,1-3H3,(H,23,25,29)/b16-10+. The third kappa shape index (κ3) is 4.58. The number of hydrogen-bond donors (Lipinski definition) is 1. The largest absolute Gasteiger partial charge is 0.497 e. The van der Waals surface area contributed by atoms with E-state index in [1.807, 2.05) is 13.8 Å². The van der Waals surface area contributed by atoms with Crippen molar-refractivity contribution in [2.24, 2.45) is 0 Å². The summed E-state index contributed by atoms with van der Waals surface area (Å²) in [6, 6.07) is 11.8. The number of carbonyl (C=O) groups is 2. The molecule has 0 aliphatic carbocycles. The molecular formula is C21H19ClN2O4S. The highest BCUT2D eigenvalue weighted by Gasteiger charge is 2.34. The zero-order chi connectivity index (χ0) is 21.1. The van der Waals surface area contributed by atoms with Gasteiger partial charge in [-0.25, -0.2) is 0 Å². The minimum atomic E-state index is -0.566. The summed E-state index contributed by atoms with van der Waals surface area (Å²) in [5, 5.41) is 2.95. The number of benzene rings is 2. The fourth-order valence-electron chi connectivity index (χ4n) is 2.75. The van der Waals surface area contributed by atoms with Crippen molar-refractivity contribution in [2.45, 2.75) is 20.0 Å². The number of rotatable bonds is 5. The Morgan fingerprint density at radius 2 is 1.83 bits per heavy atom. The molecule has 1 aliphatic rings. The SMILES string of the molecule is COc1ccc(N2C(=O)/C(=C/c3ccc(OC(C)C)c(Cl)c3)C(=O)NC2=S)cc1. The second-order valence-electron chi connectivity index (χ2n) is 6.51. The first-order valence-electron chi connectivity index (χ1n) is 8.82. The van der Waals surface area contributed by atoms with E-state index in [0.717, 1.165) is 0 Å². The second-order valence-corrected chi connectivity index (χ2v) is 7.31. The summed E-state index contributed by atoms with van der Waals surface area (Å²) in [4.78, 5) is 26.7. The van der Waals surface area contributed by atoms with Crippen LogP contribution >= 0.6 is 23.8 Å². The predicted octanol–water partition coefficient (Wildman–Crippen LogP) is 3.97. The van der Waals surface area contributed by atoms with Gasteiger partial charge in [-0.05, 0) is 74.1 Å². The van der Waals surface area contributed by atoms with Crippen molar-refractivity contribution < 1.29 is 19.1 Å². The van der Waals surface area contributed by atoms with E-state index < -0.39 is 11.8 Å². The predicted molar refractivity (Wildman–Crippen MR) is 116 cm³/mol. The molecule has 150 valence electrons. The number of methoxy groups -OCH3 is 1. The smallest absolute Gasteiger partial charge is 0.270 e. The molecule has 1 saturated heterocycles. The fourth-order valence-corrected chi connectivity index (χ4v) is 3.26. The van der Waals surface area contributed by atoms with Gasteiger partial charge in [0.2, 0.25) is 0 Å². The minimum absolute atomic E-state index is 0.0148. The first-order valence-corrected chi connectivity index (χ1v) is 9.60. The Kier molecular flexibility index (Phi) is 6.20. The van der Waals surface area contributed by atoms with Crippen LogP contribution in [0.5, 0.6) is 11.5 Å². The summed E-state index contributed by atoms with van der Waals surface area (Å²) >= 11 is 11.5. The monoisotopic (exact) mass is 430 g/mol. The van der Waals surface area contributed by atoms with Gasteiger partial charge in [-0.3, -0.25) is 19.8 Å². The summed E-state index contributed by atoms with van der Waals surface area (Å²) in [5.74, 6) is 0.0810. The van der Waals surface area contributed by atoms with E-state index in [4.69, 9.17) is 33.3 Å². The molecule has 2 aromatic carbocycles. The molecule has 1 fully saturated rings. The molecule has 3 rings (SSSR count). The van der Waals surface area contributed by atoms with Gasteiger partial charge in [-0.15, -0.1) is 0 Å². The van der Waals surface area contributed by atoms with Gasteiger partial charge in [-0.2, -0.15) is 0 Å². The van der Waals surface area contributed by atoms with Crippen LogP contribution in [0, 0.1) is 0 Å². The third-order valence-corrected chi connectivity index (χ3v) is 4.64. The van der Waals surface area contributed by atoms with Crippen LogP contribution in [0.2, 0.25) is 5.02 Å². The Morgan fingerprint density at radius 1 is 1.14 bits per heavy atom. The number of nitrogens with zero attached hydrogens (tertiary/aromatic N) is 1. The van der Waals surface area contributed by atoms with Gasteiger partial charge in [0.15, 0.2) is 5.11 Å². The van der Waals surface area contributed by atoms with Crippen LogP contribution in [0.4, 0.5) is 5.69 Å². The van der Waals surface area contributed by atoms with Gasteiger partial charge in [-0.1, -0.05) is 17.7 Å². The van der Waals surface area contributed by atoms with E-state index in [-0.39, 0.29) is 16.8 Å². The van der Waals surface area contributed by atoms with Gasteiger partial charge in [0, 0.05) is 0 Å². The Morgan fingerprint density at radius 3 is 2.41 bits per heavy atom. The van der Waals surface area contributed by atoms with Crippen molar-refractivity contribution in [3.8, 4) is 11.5 Å². The van der Waals surface area contributed by atoms with Crippen LogP contribution in [-0.2, 0) is 9.59 Å². The maximum Gasteiger partial charge on any atom is 0.270 e. The molecule has 6 nitrogen and oxygen atoms in total. The molecule has 29 heavy (non-hydrogen) atoms. The maximum absolute atomic E-state index is 13.0. The third-order valence-electron chi connectivity index (χ3n) is 4.06. The molecule has 0 radical (unpaired) electrons. The van der Waals surface area contributed by atoms with E-state index in [0.29, 0.717) is 27.8 Å². The minimum Gasteiger partial charge on any atom is -0.497 e. The Bertz CT molecular complexity index is 1000. The van der Waals surface area contributed by atoms with Gasteiger partial charge in [0.05, 0.1) is 23.9 Å². The van der Waals surface area contributed by atoms with Crippen LogP contribution in [0.1, 0.15) is 19.4 Å². The van der Waals surface area contributed by atoms with Crippen LogP contribution in [-0.4, -0.2) is 30.1 Å². The lowest BCUT2D eigenvalue weighted by atomic mass is 10.1. The molecule has 2 aromatic rings. The zero-order valence-corrected chi connectivity index (χ0v) is 17.6. The fraction of sp³-hybridized carbons (Fsp3) is 0.190. The van der Waals surface area contributed by atoms with Crippen LogP contribution in [0.15, 0.2) is 48.0 Å². The highest BCUT2D eigenvalue weighted by atomic mass is 35.5. The highest BCUT2D eigenvalue weighted by molar-refractivity contribution is 7.80. The molecule has 2 amide bonds. The lowest BCUT2D eigenvalue weighted by molar-refractivity contribution is -0.122. The van der Waals surface area contributed by atoms with Crippen molar-refractivity contribution in [2.75, 3.05) is 12.0 Å². The summed E-state index contributed by atoms with van der Waals surface area (Å²) in [7, 11) is 1.55. The van der Waals surface area contributed by atoms with E-state index in [9.17, 15) is 9.59 Å². The Labute approximate surface area is 179 Å². The van der Waals surface area contributed by atoms with E-state index in [1.54, 1.807) is 49.6 Å². The van der Waals surface area contributed by atoms with Gasteiger partial charge < -0.3 is 9.47 Å². The molecule has 1 heterocycles. The van der Waals surface area contributed by atoms with Crippen molar-refractivity contribution in [3.63, 3.8) is 0 Å². The number of ether oxygens (including phenoxy) is 2. The first kappa shape index (κ1) is 20.8. The van der Waals surface area contributed by atoms with Gasteiger partial charge in [0.1, 0.15) is 17.1 Å². The molecule has 8 heteroatoms. The van der Waals surface area contributed by atoms with Gasteiger partial charge >= 0.3 is 0 Å². The number of thiocarbonyl (C=S) groups is 1. The van der Waals surface area contributed by atoms with E-state index in [2.05, 4.69) is 5.32 Å². The van der Waals surface area contributed by atoms with Crippen LogP contribution in [0.25, 0.3) is 6.08 Å². The summed E-state index contributed by atoms with van der Waals surface area (Å²) in [6.07, 6.45) is 1.45. The van der Waals surface area contributed by atoms with Crippen LogP contribution < -0.4 is 19.7 Å². The molecule has 0 bridgehead atoms. The maximum atomic E-state index is 13.0. The van der Waals surface area contributed by atoms with Crippen molar-refractivity contribution >= 4 is 52.5 Å². The molecule has 0 aromatic heterocycles. The van der Waals surface area contributed by atoms with E-state index >= 15 is 0 Å². The number of anilines is 1. The number of carbonyl (C=O) groups excluding carboxylic acids is 2. The molecule has 0 unspecified atom stereocenters. The number of nitrogens with one attached hydrogen (secondary N) is 1. The average molecular weight is 431 g/mol. The Balaban J connectivity index is 1.93. The lowest BCUT2D eigenvalue weighted by Crippen LogP contribution is -2.54. The average Bonchev–Trinajstić information content (AvgIpc) is 2.67. The molecule has 0 spiro atoms. The van der Waals surface area contributed by atoms with Crippen molar-refractivity contribution in [1.82, 2.24) is 5.32 Å². The zero-order valence-electron chi connectivity index (χ0n) is 16.1.